The van der Waals surface area contributed by atoms with E-state index in [2.05, 4.69) is 45.7 Å². The molecule has 2 rings (SSSR count). The van der Waals surface area contributed by atoms with E-state index in [9.17, 15) is 5.11 Å². The van der Waals surface area contributed by atoms with Gasteiger partial charge in [0, 0.05) is 10.5 Å². The number of rotatable bonds is 5. The summed E-state index contributed by atoms with van der Waals surface area (Å²) in [6, 6.07) is 13.5. The van der Waals surface area contributed by atoms with Crippen molar-refractivity contribution in [3.05, 3.63) is 53.6 Å². The van der Waals surface area contributed by atoms with Crippen LogP contribution in [0.15, 0.2) is 47.4 Å². The molecule has 0 saturated carbocycles. The number of benzene rings is 2. The first kappa shape index (κ1) is 22.4. The molecule has 0 aromatic heterocycles. The quantitative estimate of drug-likeness (QED) is 0.376. The molecule has 0 heterocycles. The number of thioether (sulfide) groups is 1. The van der Waals surface area contributed by atoms with Crippen LogP contribution in [0.1, 0.15) is 38.0 Å². The van der Waals surface area contributed by atoms with Crippen molar-refractivity contribution in [2.75, 3.05) is 13.4 Å². The molecule has 2 aromatic carbocycles. The first-order valence-electron chi connectivity index (χ1n) is 9.28. The Morgan fingerprint density at radius 1 is 1.04 bits per heavy atom. The molecular weight excluding hydrogens is 384 g/mol. The van der Waals surface area contributed by atoms with Crippen molar-refractivity contribution in [2.24, 2.45) is 0 Å². The van der Waals surface area contributed by atoms with Gasteiger partial charge in [0.2, 0.25) is 0 Å². The van der Waals surface area contributed by atoms with Gasteiger partial charge in [0.25, 0.3) is 8.32 Å². The van der Waals surface area contributed by atoms with Crippen LogP contribution < -0.4 is 9.16 Å². The molecule has 1 unspecified atom stereocenters. The fraction of sp³-hybridized carbons (Fsp3) is 0.391. The molecule has 1 atom stereocenters. The molecule has 150 valence electrons. The van der Waals surface area contributed by atoms with Gasteiger partial charge < -0.3 is 14.3 Å². The molecule has 1 N–H and O–H groups in total. The summed E-state index contributed by atoms with van der Waals surface area (Å²) in [5.41, 5.74) is 1.57. The van der Waals surface area contributed by atoms with Crippen molar-refractivity contribution >= 4 is 20.1 Å². The van der Waals surface area contributed by atoms with Crippen LogP contribution in [0, 0.1) is 11.8 Å². The molecule has 0 aliphatic carbocycles. The van der Waals surface area contributed by atoms with Crippen molar-refractivity contribution in [1.82, 2.24) is 0 Å². The smallest absolute Gasteiger partial charge is 0.250 e. The van der Waals surface area contributed by atoms with Gasteiger partial charge in [-0.3, -0.25) is 0 Å². The minimum Gasteiger partial charge on any atom is -0.541 e. The van der Waals surface area contributed by atoms with Crippen LogP contribution in [-0.4, -0.2) is 26.8 Å². The molecule has 0 fully saturated rings. The Kier molecular flexibility index (Phi) is 7.27. The van der Waals surface area contributed by atoms with Crippen LogP contribution in [0.3, 0.4) is 0 Å². The summed E-state index contributed by atoms with van der Waals surface area (Å²) in [6.07, 6.45) is 1.14. The lowest BCUT2D eigenvalue weighted by atomic mass is 10.1. The summed E-state index contributed by atoms with van der Waals surface area (Å²) in [5, 5.41) is 10.6. The van der Waals surface area contributed by atoms with Crippen LogP contribution in [0.2, 0.25) is 18.1 Å². The SMILES string of the molecule is COc1ccc(C(O)C#Cc2ccc(SC)cc2)cc1O[Si](C)(C)C(C)(C)C. The second-order valence-corrected chi connectivity index (χ2v) is 13.8. The summed E-state index contributed by atoms with van der Waals surface area (Å²) in [6.45, 7) is 11.0. The Morgan fingerprint density at radius 2 is 1.68 bits per heavy atom. The molecule has 2 aromatic rings. The highest BCUT2D eigenvalue weighted by Crippen LogP contribution is 2.40. The van der Waals surface area contributed by atoms with Gasteiger partial charge in [0.05, 0.1) is 7.11 Å². The Morgan fingerprint density at radius 3 is 2.21 bits per heavy atom. The second-order valence-electron chi connectivity index (χ2n) is 8.17. The van der Waals surface area contributed by atoms with E-state index in [0.717, 1.165) is 5.56 Å². The number of ether oxygens (including phenoxy) is 1. The molecule has 0 saturated heterocycles. The Bertz CT molecular complexity index is 858. The zero-order valence-electron chi connectivity index (χ0n) is 17.8. The fourth-order valence-electron chi connectivity index (χ4n) is 2.28. The normalized spacial score (nSPS) is 12.7. The Labute approximate surface area is 174 Å². The lowest BCUT2D eigenvalue weighted by Crippen LogP contribution is -2.43. The van der Waals surface area contributed by atoms with E-state index in [0.29, 0.717) is 17.1 Å². The minimum absolute atomic E-state index is 0.0649. The topological polar surface area (TPSA) is 38.7 Å². The number of aliphatic hydroxyl groups excluding tert-OH is 1. The highest BCUT2D eigenvalue weighted by molar-refractivity contribution is 7.98. The Balaban J connectivity index is 2.27. The second kappa shape index (κ2) is 9.08. The lowest BCUT2D eigenvalue weighted by Gasteiger charge is -2.36. The summed E-state index contributed by atoms with van der Waals surface area (Å²) < 4.78 is 11.9. The highest BCUT2D eigenvalue weighted by atomic mass is 32.2. The van der Waals surface area contributed by atoms with Gasteiger partial charge >= 0.3 is 0 Å². The van der Waals surface area contributed by atoms with Crippen LogP contribution >= 0.6 is 11.8 Å². The van der Waals surface area contributed by atoms with E-state index in [1.54, 1.807) is 18.9 Å². The van der Waals surface area contributed by atoms with E-state index < -0.39 is 14.4 Å². The van der Waals surface area contributed by atoms with E-state index >= 15 is 0 Å². The third-order valence-electron chi connectivity index (χ3n) is 5.12. The molecular formula is C23H30O3SSi. The average Bonchev–Trinajstić information content (AvgIpc) is 2.65. The maximum atomic E-state index is 10.6. The predicted molar refractivity (Wildman–Crippen MR) is 121 cm³/mol. The fourth-order valence-corrected chi connectivity index (χ4v) is 3.70. The zero-order valence-corrected chi connectivity index (χ0v) is 19.6. The standard InChI is InChI=1S/C23H30O3SSi/c1-23(2,3)28(6,7)26-22-16-18(11-15-21(22)25-4)20(24)14-10-17-8-12-19(27-5)13-9-17/h8-9,11-13,15-16,20,24H,1-7H3. The van der Waals surface area contributed by atoms with Crippen molar-refractivity contribution in [3.63, 3.8) is 0 Å². The van der Waals surface area contributed by atoms with Crippen LogP contribution in [-0.2, 0) is 0 Å². The van der Waals surface area contributed by atoms with Gasteiger partial charge in [-0.25, -0.2) is 0 Å². The van der Waals surface area contributed by atoms with E-state index in [4.69, 9.17) is 9.16 Å². The third-order valence-corrected chi connectivity index (χ3v) is 10.2. The summed E-state index contributed by atoms with van der Waals surface area (Å²) in [7, 11) is -0.404. The third kappa shape index (κ3) is 5.57. The summed E-state index contributed by atoms with van der Waals surface area (Å²) in [5.74, 6) is 7.30. The maximum absolute atomic E-state index is 10.6. The monoisotopic (exact) mass is 414 g/mol. The molecule has 0 aliphatic heterocycles. The summed E-state index contributed by atoms with van der Waals surface area (Å²) >= 11 is 1.69. The number of hydrogen-bond donors (Lipinski definition) is 1. The molecule has 5 heteroatoms. The van der Waals surface area contributed by atoms with Gasteiger partial charge in [-0.05, 0) is 66.3 Å². The number of methoxy groups -OCH3 is 1. The summed E-state index contributed by atoms with van der Waals surface area (Å²) in [4.78, 5) is 1.19. The van der Waals surface area contributed by atoms with Crippen molar-refractivity contribution in [2.45, 2.75) is 49.9 Å². The maximum Gasteiger partial charge on any atom is 0.250 e. The van der Waals surface area contributed by atoms with Crippen molar-refractivity contribution in [1.29, 1.82) is 0 Å². The minimum atomic E-state index is -2.03. The number of aliphatic hydroxyl groups is 1. The van der Waals surface area contributed by atoms with Crippen LogP contribution in [0.5, 0.6) is 11.5 Å². The van der Waals surface area contributed by atoms with Gasteiger partial charge in [-0.1, -0.05) is 38.7 Å². The van der Waals surface area contributed by atoms with Gasteiger partial charge in [0.15, 0.2) is 5.75 Å². The van der Waals surface area contributed by atoms with Gasteiger partial charge in [-0.2, -0.15) is 0 Å². The average molecular weight is 415 g/mol. The van der Waals surface area contributed by atoms with E-state index in [1.807, 2.05) is 48.7 Å². The molecule has 28 heavy (non-hydrogen) atoms. The van der Waals surface area contributed by atoms with Crippen LogP contribution in [0.25, 0.3) is 0 Å². The van der Waals surface area contributed by atoms with E-state index in [1.165, 1.54) is 4.90 Å². The molecule has 0 bridgehead atoms. The zero-order chi connectivity index (χ0) is 20.9. The largest absolute Gasteiger partial charge is 0.541 e. The highest BCUT2D eigenvalue weighted by Gasteiger charge is 2.39. The predicted octanol–water partition coefficient (Wildman–Crippen LogP) is 5.89. The van der Waals surface area contributed by atoms with Gasteiger partial charge in [-0.15, -0.1) is 11.8 Å². The van der Waals surface area contributed by atoms with Gasteiger partial charge in [0.1, 0.15) is 11.9 Å². The molecule has 0 aliphatic rings. The first-order chi connectivity index (χ1) is 13.1. The van der Waals surface area contributed by atoms with E-state index in [-0.39, 0.29) is 5.04 Å². The first-order valence-corrected chi connectivity index (χ1v) is 13.4. The molecule has 0 spiro atoms. The molecule has 0 amide bonds. The molecule has 0 radical (unpaired) electrons. The lowest BCUT2D eigenvalue weighted by molar-refractivity contribution is 0.238. The number of hydrogen-bond acceptors (Lipinski definition) is 4. The van der Waals surface area contributed by atoms with Crippen LogP contribution in [0.4, 0.5) is 0 Å². The Hall–Kier alpha value is -1.87. The van der Waals surface area contributed by atoms with Crippen molar-refractivity contribution < 1.29 is 14.3 Å². The van der Waals surface area contributed by atoms with Crippen molar-refractivity contribution in [3.8, 4) is 23.3 Å². The molecule has 3 nitrogen and oxygen atoms in total.